The van der Waals surface area contributed by atoms with E-state index >= 15 is 0 Å². The highest BCUT2D eigenvalue weighted by atomic mass is 32.2. The minimum Gasteiger partial charge on any atom is -0.256 e. The summed E-state index contributed by atoms with van der Waals surface area (Å²) in [4.78, 5) is 0. The predicted octanol–water partition coefficient (Wildman–Crippen LogP) is 5.57. The third kappa shape index (κ3) is 5.86. The van der Waals surface area contributed by atoms with Crippen LogP contribution < -0.4 is 4.72 Å². The van der Waals surface area contributed by atoms with E-state index in [4.69, 9.17) is 0 Å². The van der Waals surface area contributed by atoms with E-state index in [0.29, 0.717) is 6.04 Å². The molecule has 0 bridgehead atoms. The van der Waals surface area contributed by atoms with Gasteiger partial charge in [0, 0.05) is 10.8 Å². The molecule has 118 valence electrons. The van der Waals surface area contributed by atoms with E-state index in [1.807, 2.05) is 0 Å². The summed E-state index contributed by atoms with van der Waals surface area (Å²) in [6.07, 6.45) is 2.21. The Morgan fingerprint density at radius 1 is 0.864 bits per heavy atom. The van der Waals surface area contributed by atoms with Crippen LogP contribution in [0.5, 0.6) is 0 Å². The standard InChI is InChI=1S/C20H27NS/c1-16(21-22-20(2,3)4)19-14-12-18(13-15-19)11-10-17-8-6-5-7-9-17/h5-9,12-16,21H,10-11H2,1-4H3/t16-/m0/s1. The van der Waals surface area contributed by atoms with Gasteiger partial charge < -0.3 is 0 Å². The second-order valence-corrected chi connectivity index (χ2v) is 8.45. The minimum absolute atomic E-state index is 0.240. The van der Waals surface area contributed by atoms with Crippen molar-refractivity contribution in [1.82, 2.24) is 4.72 Å². The largest absolute Gasteiger partial charge is 0.256 e. The zero-order valence-corrected chi connectivity index (χ0v) is 14.9. The summed E-state index contributed by atoms with van der Waals surface area (Å²) in [5.41, 5.74) is 4.16. The fourth-order valence-corrected chi connectivity index (χ4v) is 2.91. The van der Waals surface area contributed by atoms with E-state index in [-0.39, 0.29) is 4.75 Å². The molecule has 0 saturated carbocycles. The van der Waals surface area contributed by atoms with Gasteiger partial charge in [-0.25, -0.2) is 0 Å². The molecule has 2 rings (SSSR count). The average Bonchev–Trinajstić information content (AvgIpc) is 2.51. The first-order valence-electron chi connectivity index (χ1n) is 8.00. The second kappa shape index (κ2) is 7.85. The van der Waals surface area contributed by atoms with E-state index in [1.54, 1.807) is 11.9 Å². The lowest BCUT2D eigenvalue weighted by Gasteiger charge is -2.22. The molecule has 0 aliphatic heterocycles. The van der Waals surface area contributed by atoms with Crippen LogP contribution in [0.4, 0.5) is 0 Å². The summed E-state index contributed by atoms with van der Waals surface area (Å²) in [6, 6.07) is 20.1. The Morgan fingerprint density at radius 2 is 1.41 bits per heavy atom. The van der Waals surface area contributed by atoms with Gasteiger partial charge in [0.25, 0.3) is 0 Å². The molecule has 1 atom stereocenters. The van der Waals surface area contributed by atoms with Crippen molar-refractivity contribution in [3.05, 3.63) is 71.3 Å². The summed E-state index contributed by atoms with van der Waals surface area (Å²) in [6.45, 7) is 8.90. The van der Waals surface area contributed by atoms with Gasteiger partial charge in [-0.05, 0) is 57.2 Å². The van der Waals surface area contributed by atoms with Gasteiger partial charge in [-0.1, -0.05) is 66.5 Å². The highest BCUT2D eigenvalue weighted by Crippen LogP contribution is 2.24. The lowest BCUT2D eigenvalue weighted by Crippen LogP contribution is -2.19. The predicted molar refractivity (Wildman–Crippen MR) is 99.2 cm³/mol. The van der Waals surface area contributed by atoms with E-state index in [2.05, 4.69) is 87.0 Å². The zero-order chi connectivity index (χ0) is 16.0. The number of hydrogen-bond acceptors (Lipinski definition) is 2. The van der Waals surface area contributed by atoms with Crippen LogP contribution in [0, 0.1) is 0 Å². The molecular formula is C20H27NS. The molecule has 0 aliphatic rings. The maximum atomic E-state index is 3.53. The topological polar surface area (TPSA) is 12.0 Å². The Labute approximate surface area is 139 Å². The van der Waals surface area contributed by atoms with Crippen molar-refractivity contribution < 1.29 is 0 Å². The van der Waals surface area contributed by atoms with Crippen molar-refractivity contribution >= 4 is 11.9 Å². The molecule has 0 heterocycles. The fraction of sp³-hybridized carbons (Fsp3) is 0.400. The Balaban J connectivity index is 1.87. The summed E-state index contributed by atoms with van der Waals surface area (Å²) in [5, 5.41) is 0. The maximum absolute atomic E-state index is 3.53. The lowest BCUT2D eigenvalue weighted by atomic mass is 10.0. The van der Waals surface area contributed by atoms with Crippen LogP contribution in [-0.4, -0.2) is 4.75 Å². The highest BCUT2D eigenvalue weighted by molar-refractivity contribution is 7.98. The molecule has 22 heavy (non-hydrogen) atoms. The lowest BCUT2D eigenvalue weighted by molar-refractivity contribution is 0.723. The molecule has 2 heteroatoms. The smallest absolute Gasteiger partial charge is 0.0393 e. The van der Waals surface area contributed by atoms with Crippen molar-refractivity contribution in [2.45, 2.75) is 51.3 Å². The monoisotopic (exact) mass is 313 g/mol. The van der Waals surface area contributed by atoms with Gasteiger partial charge >= 0.3 is 0 Å². The van der Waals surface area contributed by atoms with Gasteiger partial charge in [-0.3, -0.25) is 4.72 Å². The van der Waals surface area contributed by atoms with Crippen molar-refractivity contribution in [3.8, 4) is 0 Å². The molecule has 0 aromatic heterocycles. The van der Waals surface area contributed by atoms with Crippen LogP contribution in [-0.2, 0) is 12.8 Å². The molecule has 0 amide bonds. The van der Waals surface area contributed by atoms with Crippen LogP contribution in [0.25, 0.3) is 0 Å². The number of benzene rings is 2. The minimum atomic E-state index is 0.240. The van der Waals surface area contributed by atoms with E-state index in [0.717, 1.165) is 12.8 Å². The molecule has 0 radical (unpaired) electrons. The average molecular weight is 314 g/mol. The van der Waals surface area contributed by atoms with Crippen molar-refractivity contribution in [2.24, 2.45) is 0 Å². The van der Waals surface area contributed by atoms with Gasteiger partial charge in [-0.15, -0.1) is 0 Å². The quantitative estimate of drug-likeness (QED) is 0.700. The number of aryl methyl sites for hydroxylation is 2. The molecule has 0 aliphatic carbocycles. The van der Waals surface area contributed by atoms with Crippen LogP contribution >= 0.6 is 11.9 Å². The zero-order valence-electron chi connectivity index (χ0n) is 14.1. The fourth-order valence-electron chi connectivity index (χ4n) is 2.24. The first-order chi connectivity index (χ1) is 10.4. The molecule has 2 aromatic carbocycles. The number of hydrogen-bond donors (Lipinski definition) is 1. The molecule has 0 spiro atoms. The first kappa shape index (κ1) is 17.1. The van der Waals surface area contributed by atoms with Crippen molar-refractivity contribution in [1.29, 1.82) is 0 Å². The third-order valence-corrected chi connectivity index (χ3v) is 4.65. The third-order valence-electron chi connectivity index (χ3n) is 3.57. The first-order valence-corrected chi connectivity index (χ1v) is 8.82. The van der Waals surface area contributed by atoms with Crippen molar-refractivity contribution in [2.75, 3.05) is 0 Å². The molecule has 1 N–H and O–H groups in total. The van der Waals surface area contributed by atoms with Crippen LogP contribution in [0.3, 0.4) is 0 Å². The van der Waals surface area contributed by atoms with Crippen LogP contribution in [0.15, 0.2) is 54.6 Å². The Kier molecular flexibility index (Phi) is 6.10. The SMILES string of the molecule is C[C@H](NSC(C)(C)C)c1ccc(CCc2ccccc2)cc1. The van der Waals surface area contributed by atoms with Crippen molar-refractivity contribution in [3.63, 3.8) is 0 Å². The van der Waals surface area contributed by atoms with Gasteiger partial charge in [0.05, 0.1) is 0 Å². The van der Waals surface area contributed by atoms with Crippen LogP contribution in [0.2, 0.25) is 0 Å². The Hall–Kier alpha value is -1.25. The normalized spacial score (nSPS) is 13.1. The van der Waals surface area contributed by atoms with E-state index < -0.39 is 0 Å². The van der Waals surface area contributed by atoms with E-state index in [9.17, 15) is 0 Å². The number of nitrogens with one attached hydrogen (secondary N) is 1. The summed E-state index contributed by atoms with van der Waals surface area (Å²) in [7, 11) is 0. The van der Waals surface area contributed by atoms with Gasteiger partial charge in [0.1, 0.15) is 0 Å². The molecule has 0 unspecified atom stereocenters. The highest BCUT2D eigenvalue weighted by Gasteiger charge is 2.13. The number of rotatable bonds is 6. The molecule has 0 fully saturated rings. The molecule has 1 nitrogen and oxygen atoms in total. The summed E-state index contributed by atoms with van der Waals surface area (Å²) >= 11 is 1.80. The molecule has 0 saturated heterocycles. The summed E-state index contributed by atoms with van der Waals surface area (Å²) < 4.78 is 3.77. The molecule has 2 aromatic rings. The maximum Gasteiger partial charge on any atom is 0.0393 e. The molecular weight excluding hydrogens is 286 g/mol. The Morgan fingerprint density at radius 3 is 1.95 bits per heavy atom. The Bertz CT molecular complexity index is 555. The van der Waals surface area contributed by atoms with E-state index in [1.165, 1.54) is 16.7 Å². The second-order valence-electron chi connectivity index (χ2n) is 6.78. The van der Waals surface area contributed by atoms with Gasteiger partial charge in [0.15, 0.2) is 0 Å². The van der Waals surface area contributed by atoms with Crippen LogP contribution in [0.1, 0.15) is 50.4 Å². The summed E-state index contributed by atoms with van der Waals surface area (Å²) in [5.74, 6) is 0. The van der Waals surface area contributed by atoms with Gasteiger partial charge in [0.2, 0.25) is 0 Å². The van der Waals surface area contributed by atoms with Gasteiger partial charge in [-0.2, -0.15) is 0 Å².